The highest BCUT2D eigenvalue weighted by molar-refractivity contribution is 6.05. The van der Waals surface area contributed by atoms with Gasteiger partial charge in [-0.1, -0.05) is 12.1 Å². The number of hydrogen-bond acceptors (Lipinski definition) is 7. The fourth-order valence-electron chi connectivity index (χ4n) is 6.76. The maximum absolute atomic E-state index is 14.2. The van der Waals surface area contributed by atoms with Crippen LogP contribution in [0.2, 0.25) is 0 Å². The van der Waals surface area contributed by atoms with E-state index >= 15 is 0 Å². The van der Waals surface area contributed by atoms with Crippen molar-refractivity contribution in [3.05, 3.63) is 70.9 Å². The maximum atomic E-state index is 14.2. The van der Waals surface area contributed by atoms with Gasteiger partial charge >= 0.3 is 6.18 Å². The number of pyridine rings is 1. The molecule has 0 radical (unpaired) electrons. The molecule has 0 bridgehead atoms. The second-order valence-electron chi connectivity index (χ2n) is 12.0. The van der Waals surface area contributed by atoms with Crippen LogP contribution in [0.5, 0.6) is 5.75 Å². The molecule has 12 heteroatoms. The molecule has 4 atom stereocenters. The number of imide groups is 1. The minimum absolute atomic E-state index is 0.0828. The Morgan fingerprint density at radius 3 is 2.66 bits per heavy atom. The first-order valence-electron chi connectivity index (χ1n) is 14.8. The molecule has 9 nitrogen and oxygen atoms in total. The summed E-state index contributed by atoms with van der Waals surface area (Å²) < 4.78 is 53.9. The van der Waals surface area contributed by atoms with Crippen LogP contribution in [0.3, 0.4) is 0 Å². The molecule has 3 aromatic rings. The second-order valence-corrected chi connectivity index (χ2v) is 12.0. The maximum Gasteiger partial charge on any atom is 0.396 e. The van der Waals surface area contributed by atoms with Gasteiger partial charge < -0.3 is 14.4 Å². The summed E-state index contributed by atoms with van der Waals surface area (Å²) in [5, 5.41) is 3.19. The molecular weight excluding hydrogens is 577 g/mol. The molecule has 2 aromatic carbocycles. The van der Waals surface area contributed by atoms with Gasteiger partial charge in [-0.3, -0.25) is 29.6 Å². The SMILES string of the molecule is O=C1CCC(N2Cc3cc(O[C@@H]4CN(Cc5ccc6nc([C@@H]7CCOC7)ccc6c5)C[C@H]4C(F)(F)F)ccc3C2=O)C(=O)N1. The van der Waals surface area contributed by atoms with Crippen LogP contribution in [0, 0.1) is 5.92 Å². The first-order chi connectivity index (χ1) is 21.1. The molecule has 1 N–H and O–H groups in total. The number of aromatic nitrogens is 1. The van der Waals surface area contributed by atoms with Gasteiger partial charge in [0.15, 0.2) is 0 Å². The van der Waals surface area contributed by atoms with Crippen molar-refractivity contribution in [2.24, 2.45) is 5.92 Å². The highest BCUT2D eigenvalue weighted by Crippen LogP contribution is 2.38. The highest BCUT2D eigenvalue weighted by atomic mass is 19.4. The van der Waals surface area contributed by atoms with Crippen molar-refractivity contribution >= 4 is 28.6 Å². The quantitative estimate of drug-likeness (QED) is 0.423. The topological polar surface area (TPSA) is 101 Å². The number of halogens is 3. The van der Waals surface area contributed by atoms with Crippen LogP contribution in [0.15, 0.2) is 48.5 Å². The summed E-state index contributed by atoms with van der Waals surface area (Å²) in [7, 11) is 0. The van der Waals surface area contributed by atoms with E-state index in [-0.39, 0.29) is 56.0 Å². The number of alkyl halides is 3. The van der Waals surface area contributed by atoms with Gasteiger partial charge in [-0.25, -0.2) is 0 Å². The lowest BCUT2D eigenvalue weighted by Gasteiger charge is -2.29. The van der Waals surface area contributed by atoms with E-state index in [0.29, 0.717) is 24.3 Å². The van der Waals surface area contributed by atoms with Gasteiger partial charge in [0.1, 0.15) is 23.8 Å². The van der Waals surface area contributed by atoms with Crippen LogP contribution in [-0.4, -0.2) is 77.1 Å². The third kappa shape index (κ3) is 5.52. The van der Waals surface area contributed by atoms with Crippen molar-refractivity contribution in [1.29, 1.82) is 0 Å². The Labute approximate surface area is 251 Å². The first kappa shape index (κ1) is 28.7. The molecule has 0 aliphatic carbocycles. The van der Waals surface area contributed by atoms with Gasteiger partial charge in [-0.2, -0.15) is 13.2 Å². The highest BCUT2D eigenvalue weighted by Gasteiger charge is 2.51. The van der Waals surface area contributed by atoms with Crippen molar-refractivity contribution in [3.63, 3.8) is 0 Å². The summed E-state index contributed by atoms with van der Waals surface area (Å²) in [6.45, 7) is 1.74. The second kappa shape index (κ2) is 11.2. The third-order valence-electron chi connectivity index (χ3n) is 9.07. The molecule has 0 saturated carbocycles. The van der Waals surface area contributed by atoms with E-state index in [2.05, 4.69) is 5.32 Å². The van der Waals surface area contributed by atoms with Crippen molar-refractivity contribution in [2.45, 2.75) is 56.6 Å². The fraction of sp³-hybridized carbons (Fsp3) is 0.438. The van der Waals surface area contributed by atoms with Crippen LogP contribution >= 0.6 is 0 Å². The van der Waals surface area contributed by atoms with Crippen molar-refractivity contribution in [1.82, 2.24) is 20.1 Å². The van der Waals surface area contributed by atoms with Gasteiger partial charge in [-0.15, -0.1) is 0 Å². The molecule has 3 amide bonds. The predicted octanol–water partition coefficient (Wildman–Crippen LogP) is 3.94. The van der Waals surface area contributed by atoms with E-state index in [1.54, 1.807) is 11.0 Å². The molecule has 1 unspecified atom stereocenters. The zero-order valence-electron chi connectivity index (χ0n) is 23.8. The molecule has 230 valence electrons. The molecule has 1 aromatic heterocycles. The van der Waals surface area contributed by atoms with E-state index < -0.39 is 30.1 Å². The third-order valence-corrected chi connectivity index (χ3v) is 9.07. The van der Waals surface area contributed by atoms with Gasteiger partial charge in [0.25, 0.3) is 5.91 Å². The number of rotatable bonds is 6. The number of nitrogens with zero attached hydrogens (tertiary/aromatic N) is 3. The lowest BCUT2D eigenvalue weighted by molar-refractivity contribution is -0.186. The van der Waals surface area contributed by atoms with Gasteiger partial charge in [0.2, 0.25) is 11.8 Å². The molecule has 5 heterocycles. The van der Waals surface area contributed by atoms with Crippen LogP contribution in [0.4, 0.5) is 13.2 Å². The minimum Gasteiger partial charge on any atom is -0.488 e. The molecule has 3 saturated heterocycles. The van der Waals surface area contributed by atoms with Crippen molar-refractivity contribution in [2.75, 3.05) is 26.3 Å². The monoisotopic (exact) mass is 608 g/mol. The van der Waals surface area contributed by atoms with E-state index in [4.69, 9.17) is 14.5 Å². The number of hydrogen-bond donors (Lipinski definition) is 1. The number of ether oxygens (including phenoxy) is 2. The summed E-state index contributed by atoms with van der Waals surface area (Å²) in [4.78, 5) is 44.8. The zero-order chi connectivity index (χ0) is 30.6. The smallest absolute Gasteiger partial charge is 0.396 e. The standard InChI is InChI=1S/C32H31F3N4O5/c33-32(34,35)24-15-38(13-18-1-5-25-19(11-18)2-6-26(36-25)20-9-10-43-17-20)16-28(24)44-22-3-4-23-21(12-22)14-39(31(23)42)27-7-8-29(40)37-30(27)41/h1-6,11-12,20,24,27-28H,7-10,13-17H2,(H,37,40,41)/t20-,24-,27?,28-/m1/s1. The summed E-state index contributed by atoms with van der Waals surface area (Å²) in [5.74, 6) is -2.41. The number of piperidine rings is 1. The van der Waals surface area contributed by atoms with Crippen molar-refractivity contribution < 1.29 is 37.0 Å². The Hall–Kier alpha value is -4.03. The minimum atomic E-state index is -4.46. The van der Waals surface area contributed by atoms with Crippen molar-refractivity contribution in [3.8, 4) is 5.75 Å². The Morgan fingerprint density at radius 1 is 1.02 bits per heavy atom. The normalized spacial score (nSPS) is 26.0. The summed E-state index contributed by atoms with van der Waals surface area (Å²) in [5.41, 5.74) is 3.68. The average Bonchev–Trinajstić information content (AvgIpc) is 3.73. The van der Waals surface area contributed by atoms with E-state index in [0.717, 1.165) is 35.2 Å². The van der Waals surface area contributed by atoms with E-state index in [1.165, 1.54) is 17.0 Å². The molecule has 44 heavy (non-hydrogen) atoms. The lowest BCUT2D eigenvalue weighted by atomic mass is 10.0. The van der Waals surface area contributed by atoms with Crippen LogP contribution < -0.4 is 10.1 Å². The number of benzene rings is 2. The number of carbonyl (C=O) groups excluding carboxylic acids is 3. The number of fused-ring (bicyclic) bond motifs is 2. The van der Waals surface area contributed by atoms with Crippen LogP contribution in [0.25, 0.3) is 10.9 Å². The van der Waals surface area contributed by atoms with E-state index in [1.807, 2.05) is 30.3 Å². The number of carbonyl (C=O) groups is 3. The molecule has 0 spiro atoms. The Morgan fingerprint density at radius 2 is 1.89 bits per heavy atom. The first-order valence-corrected chi connectivity index (χ1v) is 14.8. The van der Waals surface area contributed by atoms with Gasteiger partial charge in [0.05, 0.1) is 12.1 Å². The fourth-order valence-corrected chi connectivity index (χ4v) is 6.76. The molecular formula is C32H31F3N4O5. The van der Waals surface area contributed by atoms with E-state index in [9.17, 15) is 27.6 Å². The number of nitrogens with one attached hydrogen (secondary N) is 1. The average molecular weight is 609 g/mol. The summed E-state index contributed by atoms with van der Waals surface area (Å²) >= 11 is 0. The number of likely N-dealkylation sites (tertiary alicyclic amines) is 1. The molecule has 7 rings (SSSR count). The molecule has 4 aliphatic rings. The summed E-state index contributed by atoms with van der Waals surface area (Å²) in [6, 6.07) is 13.6. The van der Waals surface area contributed by atoms with Crippen LogP contribution in [-0.2, 0) is 27.4 Å². The van der Waals surface area contributed by atoms with Crippen LogP contribution in [0.1, 0.15) is 52.4 Å². The largest absolute Gasteiger partial charge is 0.488 e. The van der Waals surface area contributed by atoms with Gasteiger partial charge in [-0.05, 0) is 60.4 Å². The lowest BCUT2D eigenvalue weighted by Crippen LogP contribution is -2.52. The Kier molecular flexibility index (Phi) is 7.28. The Bertz CT molecular complexity index is 1640. The molecule has 4 aliphatic heterocycles. The van der Waals surface area contributed by atoms with Gasteiger partial charge in [0, 0.05) is 61.8 Å². The zero-order valence-corrected chi connectivity index (χ0v) is 23.8. The predicted molar refractivity (Wildman–Crippen MR) is 152 cm³/mol. The number of amides is 3. The summed E-state index contributed by atoms with van der Waals surface area (Å²) in [6.07, 6.45) is -4.28. The Balaban J connectivity index is 1.04. The molecule has 3 fully saturated rings.